The Balaban J connectivity index is 2.66. The molecule has 1 heterocycles. The molecule has 0 saturated carbocycles. The highest BCUT2D eigenvalue weighted by atomic mass is 32.2. The van der Waals surface area contributed by atoms with Crippen molar-refractivity contribution in [3.8, 4) is 0 Å². The maximum Gasteiger partial charge on any atom is 0.304 e. The zero-order valence-electron chi connectivity index (χ0n) is 10.2. The van der Waals surface area contributed by atoms with E-state index in [1.807, 2.05) is 6.92 Å². The van der Waals surface area contributed by atoms with E-state index in [2.05, 4.69) is 9.82 Å². The number of carboxylic acid groups (broad SMARTS) is 1. The predicted octanol–water partition coefficient (Wildman–Crippen LogP) is -0.0338. The molecule has 8 nitrogen and oxygen atoms in total. The van der Waals surface area contributed by atoms with Gasteiger partial charge in [-0.25, -0.2) is 0 Å². The van der Waals surface area contributed by atoms with Gasteiger partial charge in [0.15, 0.2) is 0 Å². The third kappa shape index (κ3) is 4.00. The number of hydrogen-bond donors (Lipinski definition) is 2. The summed E-state index contributed by atoms with van der Waals surface area (Å²) < 4.78 is 28.4. The van der Waals surface area contributed by atoms with Gasteiger partial charge in [0.1, 0.15) is 0 Å². The molecule has 0 spiro atoms. The second kappa shape index (κ2) is 5.83. The molecule has 0 radical (unpaired) electrons. The van der Waals surface area contributed by atoms with E-state index in [4.69, 9.17) is 5.11 Å². The van der Waals surface area contributed by atoms with Crippen LogP contribution in [0.25, 0.3) is 0 Å². The van der Waals surface area contributed by atoms with Crippen LogP contribution < -0.4 is 4.72 Å². The molecule has 1 aromatic heterocycles. The van der Waals surface area contributed by atoms with E-state index in [-0.39, 0.29) is 13.0 Å². The summed E-state index contributed by atoms with van der Waals surface area (Å²) in [6.07, 6.45) is 2.71. The number of rotatable bonds is 7. The molecule has 0 fully saturated rings. The summed E-state index contributed by atoms with van der Waals surface area (Å²) >= 11 is 0. The molecule has 0 bridgehead atoms. The van der Waals surface area contributed by atoms with Crippen molar-refractivity contribution in [3.05, 3.63) is 12.4 Å². The van der Waals surface area contributed by atoms with Gasteiger partial charge in [-0.15, -0.1) is 0 Å². The van der Waals surface area contributed by atoms with Gasteiger partial charge in [0, 0.05) is 26.3 Å². The van der Waals surface area contributed by atoms with Crippen molar-refractivity contribution in [3.63, 3.8) is 0 Å². The van der Waals surface area contributed by atoms with E-state index in [9.17, 15) is 13.2 Å². The molecule has 0 amide bonds. The minimum absolute atomic E-state index is 0.0907. The molecule has 2 N–H and O–H groups in total. The molecule has 9 heteroatoms. The normalized spacial score (nSPS) is 11.7. The van der Waals surface area contributed by atoms with Crippen molar-refractivity contribution in [1.82, 2.24) is 14.1 Å². The van der Waals surface area contributed by atoms with Gasteiger partial charge in [-0.3, -0.25) is 14.2 Å². The van der Waals surface area contributed by atoms with Crippen LogP contribution in [0, 0.1) is 0 Å². The van der Waals surface area contributed by atoms with E-state index < -0.39 is 16.2 Å². The summed E-state index contributed by atoms with van der Waals surface area (Å²) in [5, 5.41) is 12.4. The first-order valence-electron chi connectivity index (χ1n) is 5.33. The van der Waals surface area contributed by atoms with Gasteiger partial charge in [-0.1, -0.05) is 0 Å². The molecular formula is C9H16N4O4S. The van der Waals surface area contributed by atoms with Crippen molar-refractivity contribution >= 4 is 21.9 Å². The van der Waals surface area contributed by atoms with Crippen LogP contribution in [0.1, 0.15) is 13.3 Å². The first-order valence-corrected chi connectivity index (χ1v) is 6.77. The Morgan fingerprint density at radius 2 is 2.28 bits per heavy atom. The minimum atomic E-state index is -3.74. The van der Waals surface area contributed by atoms with Crippen molar-refractivity contribution in [2.45, 2.75) is 19.9 Å². The van der Waals surface area contributed by atoms with Crippen LogP contribution in [0.15, 0.2) is 12.4 Å². The minimum Gasteiger partial charge on any atom is -0.481 e. The van der Waals surface area contributed by atoms with E-state index >= 15 is 0 Å². The van der Waals surface area contributed by atoms with Crippen molar-refractivity contribution in [1.29, 1.82) is 0 Å². The third-order valence-corrected chi connectivity index (χ3v) is 3.75. The van der Waals surface area contributed by atoms with Gasteiger partial charge in [-0.05, 0) is 6.92 Å². The smallest absolute Gasteiger partial charge is 0.304 e. The quantitative estimate of drug-likeness (QED) is 0.727. The Bertz CT molecular complexity index is 510. The van der Waals surface area contributed by atoms with E-state index in [0.29, 0.717) is 12.2 Å². The Labute approximate surface area is 105 Å². The van der Waals surface area contributed by atoms with Crippen LogP contribution >= 0.6 is 0 Å². The van der Waals surface area contributed by atoms with Crippen molar-refractivity contribution in [2.24, 2.45) is 0 Å². The number of aromatic nitrogens is 2. The number of carbonyl (C=O) groups is 1. The molecule has 1 aromatic rings. The summed E-state index contributed by atoms with van der Waals surface area (Å²) in [5.74, 6) is -1.05. The molecule has 0 aliphatic heterocycles. The Hall–Kier alpha value is -1.61. The first-order chi connectivity index (χ1) is 8.35. The highest BCUT2D eigenvalue weighted by molar-refractivity contribution is 7.90. The summed E-state index contributed by atoms with van der Waals surface area (Å²) in [5.41, 5.74) is 0.346. The molecule has 1 rings (SSSR count). The van der Waals surface area contributed by atoms with E-state index in [1.165, 1.54) is 13.2 Å². The first kappa shape index (κ1) is 14.5. The predicted molar refractivity (Wildman–Crippen MR) is 65.3 cm³/mol. The maximum absolute atomic E-state index is 11.8. The van der Waals surface area contributed by atoms with Crippen LogP contribution in [0.2, 0.25) is 0 Å². The highest BCUT2D eigenvalue weighted by Crippen LogP contribution is 2.09. The monoisotopic (exact) mass is 276 g/mol. The molecule has 0 saturated heterocycles. The highest BCUT2D eigenvalue weighted by Gasteiger charge is 2.18. The van der Waals surface area contributed by atoms with Gasteiger partial charge in [0.2, 0.25) is 0 Å². The Morgan fingerprint density at radius 1 is 1.61 bits per heavy atom. The van der Waals surface area contributed by atoms with Crippen LogP contribution in [0.4, 0.5) is 5.69 Å². The topological polar surface area (TPSA) is 105 Å². The number of anilines is 1. The average molecular weight is 276 g/mol. The number of aliphatic carboxylic acids is 1. The molecule has 0 aliphatic carbocycles. The zero-order chi connectivity index (χ0) is 13.8. The lowest BCUT2D eigenvalue weighted by atomic mass is 10.4. The Kier molecular flexibility index (Phi) is 4.68. The van der Waals surface area contributed by atoms with Crippen LogP contribution in [-0.4, -0.2) is 47.2 Å². The standard InChI is InChI=1S/C9H16N4O4S/c1-3-13-7-8(6-10-13)11-18(16,17)12(2)5-4-9(14)15/h6-7,11H,3-5H2,1-2H3,(H,14,15). The number of hydrogen-bond acceptors (Lipinski definition) is 4. The lowest BCUT2D eigenvalue weighted by Crippen LogP contribution is -2.34. The second-order valence-corrected chi connectivity index (χ2v) is 5.43. The number of nitrogens with one attached hydrogen (secondary N) is 1. The summed E-state index contributed by atoms with van der Waals surface area (Å²) in [6, 6.07) is 0. The fraction of sp³-hybridized carbons (Fsp3) is 0.556. The second-order valence-electron chi connectivity index (χ2n) is 3.66. The largest absolute Gasteiger partial charge is 0.481 e. The third-order valence-electron chi connectivity index (χ3n) is 2.25. The SMILES string of the molecule is CCn1cc(NS(=O)(=O)N(C)CCC(=O)O)cn1. The average Bonchev–Trinajstić information content (AvgIpc) is 2.72. The van der Waals surface area contributed by atoms with Crippen LogP contribution in [0.5, 0.6) is 0 Å². The van der Waals surface area contributed by atoms with Gasteiger partial charge >= 0.3 is 16.2 Å². The van der Waals surface area contributed by atoms with Crippen molar-refractivity contribution < 1.29 is 18.3 Å². The summed E-state index contributed by atoms with van der Waals surface area (Å²) in [6.45, 7) is 2.42. The zero-order valence-corrected chi connectivity index (χ0v) is 11.0. The van der Waals surface area contributed by atoms with Gasteiger partial charge in [-0.2, -0.15) is 17.8 Å². The molecule has 0 aliphatic rings. The van der Waals surface area contributed by atoms with Gasteiger partial charge < -0.3 is 5.11 Å². The summed E-state index contributed by atoms with van der Waals surface area (Å²) in [7, 11) is -2.42. The number of carboxylic acids is 1. The summed E-state index contributed by atoms with van der Waals surface area (Å²) in [4.78, 5) is 10.4. The lowest BCUT2D eigenvalue weighted by molar-refractivity contribution is -0.137. The fourth-order valence-corrected chi connectivity index (χ4v) is 2.08. The van der Waals surface area contributed by atoms with Gasteiger partial charge in [0.25, 0.3) is 0 Å². The number of aryl methyl sites for hydroxylation is 1. The molecular weight excluding hydrogens is 260 g/mol. The molecule has 0 aromatic carbocycles. The number of nitrogens with zero attached hydrogens (tertiary/aromatic N) is 3. The Morgan fingerprint density at radius 3 is 2.78 bits per heavy atom. The molecule has 0 unspecified atom stereocenters. The maximum atomic E-state index is 11.8. The van der Waals surface area contributed by atoms with E-state index in [1.54, 1.807) is 10.9 Å². The molecule has 0 atom stereocenters. The van der Waals surface area contributed by atoms with E-state index in [0.717, 1.165) is 4.31 Å². The van der Waals surface area contributed by atoms with Crippen molar-refractivity contribution in [2.75, 3.05) is 18.3 Å². The van der Waals surface area contributed by atoms with Crippen LogP contribution in [0.3, 0.4) is 0 Å². The fourth-order valence-electron chi connectivity index (χ4n) is 1.19. The van der Waals surface area contributed by atoms with Crippen LogP contribution in [-0.2, 0) is 21.5 Å². The van der Waals surface area contributed by atoms with Gasteiger partial charge in [0.05, 0.1) is 18.3 Å². The molecule has 18 heavy (non-hydrogen) atoms. The molecule has 102 valence electrons. The lowest BCUT2D eigenvalue weighted by Gasteiger charge is -2.16.